The van der Waals surface area contributed by atoms with E-state index in [0.29, 0.717) is 5.92 Å². The van der Waals surface area contributed by atoms with Crippen molar-refractivity contribution in [3.63, 3.8) is 0 Å². The molecule has 0 aromatic heterocycles. The number of aliphatic hydroxyl groups is 1. The summed E-state index contributed by atoms with van der Waals surface area (Å²) in [5, 5.41) is 11.1. The Labute approximate surface area is 180 Å². The summed E-state index contributed by atoms with van der Waals surface area (Å²) in [6, 6.07) is 4.60. The second kappa shape index (κ2) is 8.49. The van der Waals surface area contributed by atoms with E-state index in [9.17, 15) is 5.11 Å². The van der Waals surface area contributed by atoms with Crippen LogP contribution in [0.3, 0.4) is 0 Å². The van der Waals surface area contributed by atoms with Crippen LogP contribution in [-0.4, -0.2) is 22.3 Å². The molecule has 29 heavy (non-hydrogen) atoms. The molecule has 0 fully saturated rings. The van der Waals surface area contributed by atoms with E-state index >= 15 is 0 Å². The summed E-state index contributed by atoms with van der Waals surface area (Å²) in [4.78, 5) is 2.73. The number of nitrogens with two attached hydrogens (primary N) is 1. The van der Waals surface area contributed by atoms with Gasteiger partial charge in [-0.2, -0.15) is 0 Å². The van der Waals surface area contributed by atoms with Gasteiger partial charge in [-0.15, -0.1) is 0 Å². The van der Waals surface area contributed by atoms with Crippen molar-refractivity contribution in [3.05, 3.63) is 23.3 Å². The Kier molecular flexibility index (Phi) is 7.04. The topological polar surface area (TPSA) is 49.5 Å². The van der Waals surface area contributed by atoms with Gasteiger partial charge in [-0.05, 0) is 88.5 Å². The van der Waals surface area contributed by atoms with Gasteiger partial charge in [0.1, 0.15) is 0 Å². The highest BCUT2D eigenvalue weighted by Gasteiger charge is 2.57. The molecule has 1 aromatic rings. The van der Waals surface area contributed by atoms with E-state index in [1.165, 1.54) is 16.8 Å². The number of rotatable bonds is 8. The zero-order valence-electron chi connectivity index (χ0n) is 20.5. The third-order valence-electron chi connectivity index (χ3n) is 8.34. The van der Waals surface area contributed by atoms with E-state index in [1.807, 2.05) is 6.92 Å². The van der Waals surface area contributed by atoms with Gasteiger partial charge in [-0.25, -0.2) is 0 Å². The highest BCUT2D eigenvalue weighted by molar-refractivity contribution is 5.68. The van der Waals surface area contributed by atoms with Crippen molar-refractivity contribution in [2.24, 2.45) is 5.41 Å². The number of nitrogens with zero attached hydrogens (tertiary/aromatic N) is 1. The third kappa shape index (κ3) is 3.58. The Balaban J connectivity index is 2.89. The van der Waals surface area contributed by atoms with Crippen LogP contribution in [-0.2, 0) is 6.42 Å². The molecule has 0 saturated carbocycles. The molecule has 166 valence electrons. The van der Waals surface area contributed by atoms with Crippen LogP contribution >= 0.6 is 0 Å². The molecule has 1 heterocycles. The van der Waals surface area contributed by atoms with Gasteiger partial charge in [0, 0.05) is 27.9 Å². The van der Waals surface area contributed by atoms with Crippen LogP contribution in [0.5, 0.6) is 0 Å². The third-order valence-corrected chi connectivity index (χ3v) is 8.34. The monoisotopic (exact) mass is 402 g/mol. The average Bonchev–Trinajstić information content (AvgIpc) is 2.66. The molecule has 1 aliphatic heterocycles. The minimum Gasteiger partial charge on any atom is -0.398 e. The maximum atomic E-state index is 11.1. The number of nitrogen functional groups attached to an aromatic ring is 1. The quantitative estimate of drug-likeness (QED) is 0.477. The first kappa shape index (κ1) is 24.1. The number of benzene rings is 1. The van der Waals surface area contributed by atoms with Crippen molar-refractivity contribution in [2.75, 3.05) is 10.6 Å². The first-order valence-electron chi connectivity index (χ1n) is 11.9. The van der Waals surface area contributed by atoms with Gasteiger partial charge in [0.05, 0.1) is 6.10 Å². The van der Waals surface area contributed by atoms with Crippen LogP contribution in [0, 0.1) is 5.41 Å². The molecule has 1 unspecified atom stereocenters. The smallest absolute Gasteiger partial charge is 0.0590 e. The Bertz CT molecular complexity index is 697. The van der Waals surface area contributed by atoms with Crippen molar-refractivity contribution >= 4 is 11.4 Å². The number of aliphatic hydroxyl groups excluding tert-OH is 1. The van der Waals surface area contributed by atoms with Gasteiger partial charge in [0.25, 0.3) is 0 Å². The van der Waals surface area contributed by atoms with E-state index in [-0.39, 0.29) is 22.6 Å². The molecule has 3 nitrogen and oxygen atoms in total. The van der Waals surface area contributed by atoms with E-state index < -0.39 is 0 Å². The maximum absolute atomic E-state index is 11.1. The molecular formula is C26H46N2O. The summed E-state index contributed by atoms with van der Waals surface area (Å²) >= 11 is 0. The van der Waals surface area contributed by atoms with E-state index in [4.69, 9.17) is 5.73 Å². The SMILES string of the molecule is CCC(CC)(C(C)O)C(CC)(CC)N1c2cc(C(C)C)c(N)cc2CCC1(C)C. The summed E-state index contributed by atoms with van der Waals surface area (Å²) in [6.07, 6.45) is 5.77. The summed E-state index contributed by atoms with van der Waals surface area (Å²) in [5.41, 5.74) is 11.1. The van der Waals surface area contributed by atoms with Crippen LogP contribution in [0.2, 0.25) is 0 Å². The minimum absolute atomic E-state index is 0.0217. The first-order valence-corrected chi connectivity index (χ1v) is 11.9. The second-order valence-electron chi connectivity index (χ2n) is 10.2. The van der Waals surface area contributed by atoms with Gasteiger partial charge in [0.15, 0.2) is 0 Å². The molecule has 2 rings (SSSR count). The molecule has 0 saturated heterocycles. The zero-order chi connectivity index (χ0) is 22.2. The molecule has 3 N–H and O–H groups in total. The predicted octanol–water partition coefficient (Wildman–Crippen LogP) is 6.67. The average molecular weight is 403 g/mol. The van der Waals surface area contributed by atoms with Crippen molar-refractivity contribution < 1.29 is 5.11 Å². The molecule has 0 spiro atoms. The Morgan fingerprint density at radius 2 is 1.59 bits per heavy atom. The van der Waals surface area contributed by atoms with Crippen LogP contribution in [0.4, 0.5) is 11.4 Å². The molecule has 0 bridgehead atoms. The number of hydrogen-bond acceptors (Lipinski definition) is 3. The fourth-order valence-corrected chi connectivity index (χ4v) is 6.65. The molecule has 0 amide bonds. The van der Waals surface area contributed by atoms with E-state index in [2.05, 4.69) is 72.4 Å². The highest BCUT2D eigenvalue weighted by Crippen LogP contribution is 2.55. The molecule has 1 aromatic carbocycles. The first-order chi connectivity index (χ1) is 13.5. The Morgan fingerprint density at radius 1 is 1.03 bits per heavy atom. The maximum Gasteiger partial charge on any atom is 0.0590 e. The molecule has 0 aliphatic carbocycles. The summed E-state index contributed by atoms with van der Waals surface area (Å²) < 4.78 is 0. The normalized spacial score (nSPS) is 18.1. The predicted molar refractivity (Wildman–Crippen MR) is 128 cm³/mol. The molecule has 1 atom stereocenters. The molecule has 0 radical (unpaired) electrons. The largest absolute Gasteiger partial charge is 0.398 e. The lowest BCUT2D eigenvalue weighted by Gasteiger charge is -2.64. The Hall–Kier alpha value is -1.22. The lowest BCUT2D eigenvalue weighted by atomic mass is 9.58. The minimum atomic E-state index is -0.364. The summed E-state index contributed by atoms with van der Waals surface area (Å²) in [6.45, 7) is 20.4. The summed E-state index contributed by atoms with van der Waals surface area (Å²) in [5.74, 6) is 0.392. The fraction of sp³-hybridized carbons (Fsp3) is 0.769. The number of aryl methyl sites for hydroxylation is 1. The van der Waals surface area contributed by atoms with Crippen LogP contribution in [0.15, 0.2) is 12.1 Å². The highest BCUT2D eigenvalue weighted by atomic mass is 16.3. The Morgan fingerprint density at radius 3 is 2.00 bits per heavy atom. The van der Waals surface area contributed by atoms with Crippen molar-refractivity contribution in [1.29, 1.82) is 0 Å². The lowest BCUT2D eigenvalue weighted by molar-refractivity contribution is -0.0473. The molecular weight excluding hydrogens is 356 g/mol. The van der Waals surface area contributed by atoms with E-state index in [0.717, 1.165) is 44.2 Å². The van der Waals surface area contributed by atoms with Crippen LogP contribution < -0.4 is 10.6 Å². The lowest BCUT2D eigenvalue weighted by Crippen LogP contribution is -2.69. The second-order valence-corrected chi connectivity index (χ2v) is 10.2. The van der Waals surface area contributed by atoms with Gasteiger partial charge < -0.3 is 15.7 Å². The van der Waals surface area contributed by atoms with Crippen LogP contribution in [0.25, 0.3) is 0 Å². The number of anilines is 2. The van der Waals surface area contributed by atoms with Gasteiger partial charge in [0.2, 0.25) is 0 Å². The molecule has 3 heteroatoms. The summed E-state index contributed by atoms with van der Waals surface area (Å²) in [7, 11) is 0. The van der Waals surface area contributed by atoms with E-state index in [1.54, 1.807) is 0 Å². The van der Waals surface area contributed by atoms with Crippen LogP contribution in [0.1, 0.15) is 111 Å². The fourth-order valence-electron chi connectivity index (χ4n) is 6.65. The van der Waals surface area contributed by atoms with Gasteiger partial charge in [-0.3, -0.25) is 0 Å². The van der Waals surface area contributed by atoms with Gasteiger partial charge >= 0.3 is 0 Å². The van der Waals surface area contributed by atoms with Crippen molar-refractivity contribution in [3.8, 4) is 0 Å². The van der Waals surface area contributed by atoms with Gasteiger partial charge in [-0.1, -0.05) is 41.5 Å². The van der Waals surface area contributed by atoms with Crippen molar-refractivity contribution in [1.82, 2.24) is 0 Å². The van der Waals surface area contributed by atoms with Crippen molar-refractivity contribution in [2.45, 2.75) is 124 Å². The number of hydrogen-bond donors (Lipinski definition) is 2. The standard InChI is InChI=1S/C26H46N2O/c1-10-25(11-2,19(7)29)26(12-3,13-4)28-23-17-21(18(5)6)22(27)16-20(23)14-15-24(28,8)9/h16-19,29H,10-15,27H2,1-9H3. The molecule has 1 aliphatic rings. The zero-order valence-corrected chi connectivity index (χ0v) is 20.5. The number of fused-ring (bicyclic) bond motifs is 1.